The van der Waals surface area contributed by atoms with E-state index in [0.717, 1.165) is 12.1 Å². The Kier molecular flexibility index (Phi) is 4.95. The monoisotopic (exact) mass is 335 g/mol. The topological polar surface area (TPSA) is 50.1 Å². The van der Waals surface area contributed by atoms with Gasteiger partial charge in [0.25, 0.3) is 0 Å². The Balaban J connectivity index is 3.19. The summed E-state index contributed by atoms with van der Waals surface area (Å²) in [5, 5.41) is 8.64. The Morgan fingerprint density at radius 3 is 2.63 bits per heavy atom. The first-order valence-corrected chi connectivity index (χ1v) is 6.10. The van der Waals surface area contributed by atoms with Crippen LogP contribution in [0.1, 0.15) is 22.8 Å². The summed E-state index contributed by atoms with van der Waals surface area (Å²) in [5.41, 5.74) is 0.418. The zero-order chi connectivity index (χ0) is 14.6. The van der Waals surface area contributed by atoms with E-state index in [0.29, 0.717) is 5.56 Å². The molecule has 1 unspecified atom stereocenters. The zero-order valence-electron chi connectivity index (χ0n) is 9.79. The van der Waals surface area contributed by atoms with Crippen LogP contribution in [0.5, 0.6) is 5.75 Å². The maximum absolute atomic E-state index is 12.1. The SMILES string of the molecule is CC(Br)C(=O)c1cc(OC(F)(F)F)ccc1CC#N. The summed E-state index contributed by atoms with van der Waals surface area (Å²) in [4.78, 5) is 11.3. The Labute approximate surface area is 116 Å². The number of alkyl halides is 4. The molecule has 0 radical (unpaired) electrons. The van der Waals surface area contributed by atoms with Gasteiger partial charge in [0.15, 0.2) is 5.78 Å². The minimum Gasteiger partial charge on any atom is -0.406 e. The summed E-state index contributed by atoms with van der Waals surface area (Å²) >= 11 is 3.05. The molecule has 0 amide bonds. The van der Waals surface area contributed by atoms with E-state index in [4.69, 9.17) is 5.26 Å². The van der Waals surface area contributed by atoms with Gasteiger partial charge < -0.3 is 4.74 Å². The van der Waals surface area contributed by atoms with Crippen LogP contribution in [0.25, 0.3) is 0 Å². The van der Waals surface area contributed by atoms with E-state index in [-0.39, 0.29) is 12.0 Å². The van der Waals surface area contributed by atoms with Crippen molar-refractivity contribution in [1.29, 1.82) is 5.26 Å². The van der Waals surface area contributed by atoms with Crippen LogP contribution in [0.4, 0.5) is 13.2 Å². The summed E-state index contributed by atoms with van der Waals surface area (Å²) < 4.78 is 40.1. The molecule has 1 rings (SSSR count). The Bertz CT molecular complexity index is 521. The highest BCUT2D eigenvalue weighted by Crippen LogP contribution is 2.26. The van der Waals surface area contributed by atoms with Crippen LogP contribution in [-0.4, -0.2) is 17.0 Å². The molecule has 0 aromatic heterocycles. The summed E-state index contributed by atoms with van der Waals surface area (Å²) in [6.07, 6.45) is -4.88. The quantitative estimate of drug-likeness (QED) is 0.623. The van der Waals surface area contributed by atoms with Gasteiger partial charge in [0, 0.05) is 5.56 Å². The second kappa shape index (κ2) is 6.06. The predicted octanol–water partition coefficient (Wildman–Crippen LogP) is 3.62. The normalized spacial score (nSPS) is 12.6. The van der Waals surface area contributed by atoms with Crippen LogP contribution in [-0.2, 0) is 6.42 Å². The van der Waals surface area contributed by atoms with Gasteiger partial charge in [0.2, 0.25) is 0 Å². The first kappa shape index (κ1) is 15.5. The van der Waals surface area contributed by atoms with Gasteiger partial charge >= 0.3 is 6.36 Å². The third-order valence-corrected chi connectivity index (χ3v) is 2.63. The molecule has 0 N–H and O–H groups in total. The van der Waals surface area contributed by atoms with Crippen molar-refractivity contribution in [3.05, 3.63) is 29.3 Å². The lowest BCUT2D eigenvalue weighted by Gasteiger charge is -2.12. The van der Waals surface area contributed by atoms with Crippen LogP contribution in [0.3, 0.4) is 0 Å². The summed E-state index contributed by atoms with van der Waals surface area (Å²) in [7, 11) is 0. The Morgan fingerprint density at radius 2 is 2.16 bits per heavy atom. The number of hydrogen-bond donors (Lipinski definition) is 0. The highest BCUT2D eigenvalue weighted by atomic mass is 79.9. The molecule has 0 bridgehead atoms. The van der Waals surface area contributed by atoms with Gasteiger partial charge in [0.05, 0.1) is 17.3 Å². The first-order chi connectivity index (χ1) is 8.74. The van der Waals surface area contributed by atoms with E-state index in [1.165, 1.54) is 6.07 Å². The van der Waals surface area contributed by atoms with E-state index in [1.807, 2.05) is 6.07 Å². The van der Waals surface area contributed by atoms with Crippen LogP contribution >= 0.6 is 15.9 Å². The van der Waals surface area contributed by atoms with Crippen molar-refractivity contribution in [3.8, 4) is 11.8 Å². The molecule has 3 nitrogen and oxygen atoms in total. The number of ketones is 1. The molecular weight excluding hydrogens is 327 g/mol. The maximum atomic E-state index is 12.1. The first-order valence-electron chi connectivity index (χ1n) is 5.18. The van der Waals surface area contributed by atoms with E-state index in [9.17, 15) is 18.0 Å². The van der Waals surface area contributed by atoms with Crippen molar-refractivity contribution in [3.63, 3.8) is 0 Å². The van der Waals surface area contributed by atoms with Gasteiger partial charge in [-0.2, -0.15) is 5.26 Å². The summed E-state index contributed by atoms with van der Waals surface area (Å²) in [6.45, 7) is 1.55. The largest absolute Gasteiger partial charge is 0.573 e. The van der Waals surface area contributed by atoms with Gasteiger partial charge in [-0.25, -0.2) is 0 Å². The third kappa shape index (κ3) is 4.56. The standard InChI is InChI=1S/C12H9BrF3NO2/c1-7(13)11(18)10-6-9(19-12(14,15)16)3-2-8(10)4-5-17/h2-3,6-7H,4H2,1H3. The third-order valence-electron chi connectivity index (χ3n) is 2.21. The number of carbonyl (C=O) groups excluding carboxylic acids is 1. The lowest BCUT2D eigenvalue weighted by atomic mass is 9.99. The number of nitrogens with zero attached hydrogens (tertiary/aromatic N) is 1. The zero-order valence-corrected chi connectivity index (χ0v) is 11.4. The molecule has 1 aromatic rings. The van der Waals surface area contributed by atoms with Crippen LogP contribution < -0.4 is 4.74 Å². The molecule has 0 saturated heterocycles. The molecule has 1 aromatic carbocycles. The molecule has 0 aliphatic heterocycles. The average Bonchev–Trinajstić information content (AvgIpc) is 2.28. The molecule has 0 aliphatic rings. The molecule has 0 heterocycles. The van der Waals surface area contributed by atoms with Crippen molar-refractivity contribution >= 4 is 21.7 Å². The van der Waals surface area contributed by atoms with Crippen LogP contribution in [0.15, 0.2) is 18.2 Å². The molecule has 0 aliphatic carbocycles. The Morgan fingerprint density at radius 1 is 1.53 bits per heavy atom. The van der Waals surface area contributed by atoms with E-state index in [1.54, 1.807) is 6.92 Å². The number of rotatable bonds is 4. The van der Waals surface area contributed by atoms with Crippen LogP contribution in [0.2, 0.25) is 0 Å². The van der Waals surface area contributed by atoms with Gasteiger partial charge in [-0.05, 0) is 24.6 Å². The molecule has 19 heavy (non-hydrogen) atoms. The van der Waals surface area contributed by atoms with Gasteiger partial charge in [-0.3, -0.25) is 4.79 Å². The second-order valence-corrected chi connectivity index (χ2v) is 5.06. The van der Waals surface area contributed by atoms with Gasteiger partial charge in [-0.15, -0.1) is 13.2 Å². The average molecular weight is 336 g/mol. The lowest BCUT2D eigenvalue weighted by Crippen LogP contribution is -2.18. The predicted molar refractivity (Wildman–Crippen MR) is 65.2 cm³/mol. The van der Waals surface area contributed by atoms with Gasteiger partial charge in [0.1, 0.15) is 5.75 Å². The number of Topliss-reactive ketones (excluding diaryl/α,β-unsaturated/α-hetero) is 1. The van der Waals surface area contributed by atoms with E-state index in [2.05, 4.69) is 20.7 Å². The fraction of sp³-hybridized carbons (Fsp3) is 0.333. The Hall–Kier alpha value is -1.55. The van der Waals surface area contributed by atoms with Gasteiger partial charge in [-0.1, -0.05) is 22.0 Å². The number of benzene rings is 1. The van der Waals surface area contributed by atoms with Crippen molar-refractivity contribution in [1.82, 2.24) is 0 Å². The number of halogens is 4. The smallest absolute Gasteiger partial charge is 0.406 e. The molecule has 7 heteroatoms. The van der Waals surface area contributed by atoms with Crippen LogP contribution in [0, 0.1) is 11.3 Å². The number of hydrogen-bond acceptors (Lipinski definition) is 3. The summed E-state index contributed by atoms with van der Waals surface area (Å²) in [5.74, 6) is -0.886. The summed E-state index contributed by atoms with van der Waals surface area (Å²) in [6, 6.07) is 5.22. The van der Waals surface area contributed by atoms with E-state index >= 15 is 0 Å². The number of nitriles is 1. The molecule has 0 fully saturated rings. The molecule has 0 spiro atoms. The molecule has 0 saturated carbocycles. The highest BCUT2D eigenvalue weighted by Gasteiger charge is 2.31. The van der Waals surface area contributed by atoms with Crippen molar-refractivity contribution < 1.29 is 22.7 Å². The molecule has 1 atom stereocenters. The minimum atomic E-state index is -4.82. The molecular formula is C12H9BrF3NO2. The van der Waals surface area contributed by atoms with Crippen molar-refractivity contribution in [2.24, 2.45) is 0 Å². The second-order valence-electron chi connectivity index (χ2n) is 3.68. The molecule has 102 valence electrons. The van der Waals surface area contributed by atoms with Crippen molar-refractivity contribution in [2.75, 3.05) is 0 Å². The maximum Gasteiger partial charge on any atom is 0.573 e. The lowest BCUT2D eigenvalue weighted by molar-refractivity contribution is -0.274. The fourth-order valence-corrected chi connectivity index (χ4v) is 1.68. The van der Waals surface area contributed by atoms with E-state index < -0.39 is 22.7 Å². The number of ether oxygens (including phenoxy) is 1. The highest BCUT2D eigenvalue weighted by molar-refractivity contribution is 9.10. The minimum absolute atomic E-state index is 0.0488. The fourth-order valence-electron chi connectivity index (χ4n) is 1.44. The number of carbonyl (C=O) groups is 1. The van der Waals surface area contributed by atoms with Crippen molar-refractivity contribution in [2.45, 2.75) is 24.5 Å².